The van der Waals surface area contributed by atoms with Crippen molar-refractivity contribution in [1.82, 2.24) is 20.4 Å². The summed E-state index contributed by atoms with van der Waals surface area (Å²) in [5, 5.41) is 6.85. The van der Waals surface area contributed by atoms with Gasteiger partial charge in [-0.15, -0.1) is 24.0 Å². The Morgan fingerprint density at radius 3 is 2.54 bits per heavy atom. The van der Waals surface area contributed by atoms with Crippen molar-refractivity contribution in [3.8, 4) is 0 Å². The summed E-state index contributed by atoms with van der Waals surface area (Å²) in [5.41, 5.74) is 2.70. The van der Waals surface area contributed by atoms with Crippen LogP contribution in [0.3, 0.4) is 0 Å². The smallest absolute Gasteiger partial charge is 0.191 e. The fourth-order valence-electron chi connectivity index (χ4n) is 3.22. The number of benzene rings is 1. The van der Waals surface area contributed by atoms with E-state index in [9.17, 15) is 0 Å². The second kappa shape index (κ2) is 13.3. The molecular weight excluding hydrogens is 437 g/mol. The third-order valence-electron chi connectivity index (χ3n) is 4.78. The monoisotopic (exact) mass is 473 g/mol. The number of aryl methyl sites for hydroxylation is 1. The lowest BCUT2D eigenvalue weighted by Gasteiger charge is -2.21. The van der Waals surface area contributed by atoms with Gasteiger partial charge in [0.15, 0.2) is 5.96 Å². The number of aliphatic imine (C=N–C) groups is 1. The van der Waals surface area contributed by atoms with Gasteiger partial charge in [-0.3, -0.25) is 0 Å². The average Bonchev–Trinajstić information content (AvgIpc) is 2.84. The van der Waals surface area contributed by atoms with Crippen molar-refractivity contribution in [1.29, 1.82) is 0 Å². The van der Waals surface area contributed by atoms with E-state index in [1.807, 2.05) is 0 Å². The van der Waals surface area contributed by atoms with Crippen LogP contribution >= 0.6 is 24.0 Å². The third-order valence-corrected chi connectivity index (χ3v) is 4.78. The highest BCUT2D eigenvalue weighted by atomic mass is 127. The maximum Gasteiger partial charge on any atom is 0.191 e. The highest BCUT2D eigenvalue weighted by Gasteiger charge is 2.11. The molecule has 1 saturated heterocycles. The van der Waals surface area contributed by atoms with Gasteiger partial charge in [-0.25, -0.2) is 4.99 Å². The Morgan fingerprint density at radius 2 is 1.81 bits per heavy atom. The van der Waals surface area contributed by atoms with Gasteiger partial charge < -0.3 is 20.4 Å². The maximum absolute atomic E-state index is 4.77. The molecule has 6 heteroatoms. The Morgan fingerprint density at radius 1 is 1.04 bits per heavy atom. The van der Waals surface area contributed by atoms with E-state index in [2.05, 4.69) is 65.6 Å². The number of likely N-dealkylation sites (N-methyl/N-ethyl adjacent to an activating group) is 1. The molecule has 0 amide bonds. The molecule has 5 nitrogen and oxygen atoms in total. The van der Waals surface area contributed by atoms with E-state index in [4.69, 9.17) is 4.99 Å². The third kappa shape index (κ3) is 8.22. The van der Waals surface area contributed by atoms with Gasteiger partial charge in [0, 0.05) is 32.7 Å². The highest BCUT2D eigenvalue weighted by molar-refractivity contribution is 14.0. The molecular formula is C20H36IN5. The molecule has 1 aromatic carbocycles. The molecule has 2 N–H and O–H groups in total. The van der Waals surface area contributed by atoms with Crippen LogP contribution in [0.15, 0.2) is 29.3 Å². The molecule has 1 aliphatic heterocycles. The SMILES string of the molecule is CCNC(=NCc1ccccc1CC)NCCN1CCCN(C)CC1.I. The van der Waals surface area contributed by atoms with E-state index in [1.54, 1.807) is 0 Å². The second-order valence-electron chi connectivity index (χ2n) is 6.74. The van der Waals surface area contributed by atoms with Crippen LogP contribution < -0.4 is 10.6 Å². The molecule has 1 aromatic rings. The van der Waals surface area contributed by atoms with Crippen molar-refractivity contribution < 1.29 is 0 Å². The summed E-state index contributed by atoms with van der Waals surface area (Å²) in [5.74, 6) is 0.917. The standard InChI is InChI=1S/C20H35N5.HI/c1-4-18-9-6-7-10-19(18)17-23-20(21-5-2)22-11-14-25-13-8-12-24(3)15-16-25;/h6-7,9-10H,4-5,8,11-17H2,1-3H3,(H2,21,22,23);1H. The molecule has 0 atom stereocenters. The fraction of sp³-hybridized carbons (Fsp3) is 0.650. The normalized spacial score (nSPS) is 16.7. The number of guanidine groups is 1. The summed E-state index contributed by atoms with van der Waals surface area (Å²) in [4.78, 5) is 9.74. The largest absolute Gasteiger partial charge is 0.357 e. The summed E-state index contributed by atoms with van der Waals surface area (Å²) in [6.07, 6.45) is 2.32. The molecule has 0 bridgehead atoms. The first-order valence-corrected chi connectivity index (χ1v) is 9.72. The van der Waals surface area contributed by atoms with Gasteiger partial charge in [0.05, 0.1) is 6.54 Å². The highest BCUT2D eigenvalue weighted by Crippen LogP contribution is 2.10. The zero-order valence-electron chi connectivity index (χ0n) is 16.6. The molecule has 0 unspecified atom stereocenters. The first kappa shape index (κ1) is 23.2. The Bertz CT molecular complexity index is 535. The van der Waals surface area contributed by atoms with E-state index in [0.29, 0.717) is 0 Å². The van der Waals surface area contributed by atoms with E-state index in [-0.39, 0.29) is 24.0 Å². The first-order valence-electron chi connectivity index (χ1n) is 9.72. The Hall–Kier alpha value is -0.860. The van der Waals surface area contributed by atoms with Crippen molar-refractivity contribution in [3.05, 3.63) is 35.4 Å². The van der Waals surface area contributed by atoms with Crippen LogP contribution in [0.2, 0.25) is 0 Å². The number of nitrogens with one attached hydrogen (secondary N) is 2. The molecule has 0 aliphatic carbocycles. The van der Waals surface area contributed by atoms with Gasteiger partial charge in [-0.1, -0.05) is 31.2 Å². The number of hydrogen-bond acceptors (Lipinski definition) is 3. The summed E-state index contributed by atoms with van der Waals surface area (Å²) < 4.78 is 0. The van der Waals surface area contributed by atoms with Gasteiger partial charge in [0.1, 0.15) is 0 Å². The lowest BCUT2D eigenvalue weighted by molar-refractivity contribution is 0.280. The molecule has 148 valence electrons. The summed E-state index contributed by atoms with van der Waals surface area (Å²) in [6, 6.07) is 8.58. The first-order chi connectivity index (χ1) is 12.2. The zero-order chi connectivity index (χ0) is 17.9. The molecule has 1 heterocycles. The van der Waals surface area contributed by atoms with Gasteiger partial charge in [0.25, 0.3) is 0 Å². The number of nitrogens with zero attached hydrogens (tertiary/aromatic N) is 3. The Kier molecular flexibility index (Phi) is 11.9. The van der Waals surface area contributed by atoms with Gasteiger partial charge in [0.2, 0.25) is 0 Å². The zero-order valence-corrected chi connectivity index (χ0v) is 19.0. The molecule has 0 saturated carbocycles. The van der Waals surface area contributed by atoms with Crippen LogP contribution in [0, 0.1) is 0 Å². The fourth-order valence-corrected chi connectivity index (χ4v) is 3.22. The molecule has 26 heavy (non-hydrogen) atoms. The molecule has 1 fully saturated rings. The minimum atomic E-state index is 0. The van der Waals surface area contributed by atoms with E-state index >= 15 is 0 Å². The van der Waals surface area contributed by atoms with Gasteiger partial charge in [-0.05, 0) is 51.0 Å². The Balaban J connectivity index is 0.00000338. The number of halogens is 1. The minimum absolute atomic E-state index is 0. The minimum Gasteiger partial charge on any atom is -0.357 e. The van der Waals surface area contributed by atoms with Gasteiger partial charge in [-0.2, -0.15) is 0 Å². The van der Waals surface area contributed by atoms with Crippen LogP contribution in [-0.2, 0) is 13.0 Å². The second-order valence-corrected chi connectivity index (χ2v) is 6.74. The molecule has 2 rings (SSSR count). The van der Waals surface area contributed by atoms with Crippen LogP contribution in [0.5, 0.6) is 0 Å². The van der Waals surface area contributed by atoms with E-state index in [0.717, 1.165) is 45.1 Å². The van der Waals surface area contributed by atoms with Crippen LogP contribution in [0.4, 0.5) is 0 Å². The van der Waals surface area contributed by atoms with Gasteiger partial charge >= 0.3 is 0 Å². The predicted octanol–water partition coefficient (Wildman–Crippen LogP) is 2.56. The molecule has 0 aromatic heterocycles. The van der Waals surface area contributed by atoms with Crippen LogP contribution in [0.1, 0.15) is 31.4 Å². The summed E-state index contributed by atoms with van der Waals surface area (Å²) in [6.45, 7) is 12.7. The number of hydrogen-bond donors (Lipinski definition) is 2. The van der Waals surface area contributed by atoms with E-state index < -0.39 is 0 Å². The average molecular weight is 473 g/mol. The summed E-state index contributed by atoms with van der Waals surface area (Å²) in [7, 11) is 2.21. The van der Waals surface area contributed by atoms with Crippen LogP contribution in [-0.4, -0.2) is 68.6 Å². The number of rotatable bonds is 7. The topological polar surface area (TPSA) is 42.9 Å². The van der Waals surface area contributed by atoms with Crippen molar-refractivity contribution in [2.24, 2.45) is 4.99 Å². The Labute approximate surface area is 176 Å². The van der Waals surface area contributed by atoms with Crippen LogP contribution in [0.25, 0.3) is 0 Å². The van der Waals surface area contributed by atoms with Crippen molar-refractivity contribution >= 4 is 29.9 Å². The predicted molar refractivity (Wildman–Crippen MR) is 123 cm³/mol. The lowest BCUT2D eigenvalue weighted by atomic mass is 10.1. The van der Waals surface area contributed by atoms with Crippen molar-refractivity contribution in [2.45, 2.75) is 33.2 Å². The van der Waals surface area contributed by atoms with Crippen molar-refractivity contribution in [3.63, 3.8) is 0 Å². The quantitative estimate of drug-likeness (QED) is 0.363. The molecule has 0 radical (unpaired) electrons. The molecule has 1 aliphatic rings. The van der Waals surface area contributed by atoms with Crippen molar-refractivity contribution in [2.75, 3.05) is 52.9 Å². The lowest BCUT2D eigenvalue weighted by Crippen LogP contribution is -2.42. The molecule has 0 spiro atoms. The maximum atomic E-state index is 4.77. The van der Waals surface area contributed by atoms with E-state index in [1.165, 1.54) is 37.2 Å². The summed E-state index contributed by atoms with van der Waals surface area (Å²) >= 11 is 0.